The number of fused-ring (bicyclic) bond motifs is 3. The number of nitrogens with zero attached hydrogens (tertiary/aromatic N) is 2. The van der Waals surface area contributed by atoms with Gasteiger partial charge in [0.05, 0.1) is 31.5 Å². The van der Waals surface area contributed by atoms with Gasteiger partial charge in [-0.15, -0.1) is 0 Å². The Morgan fingerprint density at radius 3 is 2.61 bits per heavy atom. The van der Waals surface area contributed by atoms with Crippen molar-refractivity contribution >= 4 is 5.71 Å². The lowest BCUT2D eigenvalue weighted by Gasteiger charge is -2.38. The van der Waals surface area contributed by atoms with Gasteiger partial charge in [-0.3, -0.25) is 0 Å². The molecule has 31 heavy (non-hydrogen) atoms. The van der Waals surface area contributed by atoms with E-state index in [2.05, 4.69) is 0 Å². The summed E-state index contributed by atoms with van der Waals surface area (Å²) >= 11 is 0. The van der Waals surface area contributed by atoms with E-state index in [1.165, 1.54) is 6.07 Å². The van der Waals surface area contributed by atoms with Crippen molar-refractivity contribution in [3.8, 4) is 23.0 Å². The highest BCUT2D eigenvalue weighted by atomic mass is 19.1. The standard InChI is InChI=1S/C24H21FN2O4/c1-29-14-10-11-21(28)17(12-14)19-13-20-16-7-5-9-22(30-2)23(16)31-24(27(20)26-19)15-6-3-4-8-18(15)25/h3-12,20,24,28H,13H2,1-2H3/t20-,24-/m0/s1. The number of phenolic OH excluding ortho intramolecular Hbond substituents is 1. The molecule has 0 amide bonds. The summed E-state index contributed by atoms with van der Waals surface area (Å²) in [6, 6.07) is 17.0. The predicted molar refractivity (Wildman–Crippen MR) is 113 cm³/mol. The second-order valence-corrected chi connectivity index (χ2v) is 7.40. The maximum Gasteiger partial charge on any atom is 0.216 e. The van der Waals surface area contributed by atoms with Crippen LogP contribution in [0.4, 0.5) is 4.39 Å². The van der Waals surface area contributed by atoms with E-state index in [1.807, 2.05) is 18.2 Å². The molecular weight excluding hydrogens is 399 g/mol. The largest absolute Gasteiger partial charge is 0.507 e. The molecule has 6 nitrogen and oxygen atoms in total. The van der Waals surface area contributed by atoms with Crippen LogP contribution in [-0.2, 0) is 0 Å². The van der Waals surface area contributed by atoms with Gasteiger partial charge in [-0.1, -0.05) is 30.3 Å². The summed E-state index contributed by atoms with van der Waals surface area (Å²) in [6.07, 6.45) is -0.268. The van der Waals surface area contributed by atoms with E-state index in [0.29, 0.717) is 40.5 Å². The minimum Gasteiger partial charge on any atom is -0.507 e. The first-order valence-electron chi connectivity index (χ1n) is 9.92. The van der Waals surface area contributed by atoms with Gasteiger partial charge in [-0.05, 0) is 30.3 Å². The van der Waals surface area contributed by atoms with E-state index in [1.54, 1.807) is 55.6 Å². The summed E-state index contributed by atoms with van der Waals surface area (Å²) in [4.78, 5) is 0. The fraction of sp³-hybridized carbons (Fsp3) is 0.208. The molecule has 2 aliphatic heterocycles. The molecule has 1 N–H and O–H groups in total. The molecule has 0 saturated heterocycles. The summed E-state index contributed by atoms with van der Waals surface area (Å²) in [5, 5.41) is 17.0. The highest BCUT2D eigenvalue weighted by molar-refractivity contribution is 6.04. The Morgan fingerprint density at radius 2 is 1.84 bits per heavy atom. The summed E-state index contributed by atoms with van der Waals surface area (Å²) < 4.78 is 31.8. The lowest BCUT2D eigenvalue weighted by Crippen LogP contribution is -2.34. The number of halogens is 1. The molecule has 0 aliphatic carbocycles. The quantitative estimate of drug-likeness (QED) is 0.658. The number of benzene rings is 3. The summed E-state index contributed by atoms with van der Waals surface area (Å²) in [6.45, 7) is 0. The fourth-order valence-corrected chi connectivity index (χ4v) is 4.16. The minimum absolute atomic E-state index is 0.105. The molecule has 0 bridgehead atoms. The van der Waals surface area contributed by atoms with Crippen LogP contribution >= 0.6 is 0 Å². The van der Waals surface area contributed by atoms with Crippen LogP contribution in [0.15, 0.2) is 65.8 Å². The Labute approximate surface area is 179 Å². The second-order valence-electron chi connectivity index (χ2n) is 7.40. The molecule has 0 unspecified atom stereocenters. The van der Waals surface area contributed by atoms with E-state index in [4.69, 9.17) is 19.3 Å². The van der Waals surface area contributed by atoms with Gasteiger partial charge in [0.15, 0.2) is 11.5 Å². The van der Waals surface area contributed by atoms with Gasteiger partial charge < -0.3 is 19.3 Å². The van der Waals surface area contributed by atoms with Crippen molar-refractivity contribution in [1.29, 1.82) is 0 Å². The predicted octanol–water partition coefficient (Wildman–Crippen LogP) is 4.79. The molecule has 2 aliphatic rings. The van der Waals surface area contributed by atoms with Crippen LogP contribution in [0.3, 0.4) is 0 Å². The van der Waals surface area contributed by atoms with Crippen molar-refractivity contribution in [1.82, 2.24) is 5.01 Å². The first kappa shape index (κ1) is 19.2. The Hall–Kier alpha value is -3.74. The van der Waals surface area contributed by atoms with Crippen LogP contribution in [0, 0.1) is 5.82 Å². The van der Waals surface area contributed by atoms with Crippen molar-refractivity contribution in [2.24, 2.45) is 5.10 Å². The number of hydrazone groups is 1. The zero-order valence-corrected chi connectivity index (χ0v) is 17.1. The lowest BCUT2D eigenvalue weighted by molar-refractivity contribution is -0.0230. The Bertz CT molecular complexity index is 1180. The molecule has 0 fully saturated rings. The molecule has 2 heterocycles. The van der Waals surface area contributed by atoms with Crippen molar-refractivity contribution in [2.45, 2.75) is 18.7 Å². The average Bonchev–Trinajstić information content (AvgIpc) is 3.24. The molecule has 2 atom stereocenters. The third-order valence-electron chi connectivity index (χ3n) is 5.69. The number of aromatic hydroxyl groups is 1. The van der Waals surface area contributed by atoms with Crippen LogP contribution in [-0.4, -0.2) is 30.0 Å². The van der Waals surface area contributed by atoms with Crippen LogP contribution < -0.4 is 14.2 Å². The third-order valence-corrected chi connectivity index (χ3v) is 5.69. The van der Waals surface area contributed by atoms with Crippen molar-refractivity contribution in [3.05, 3.63) is 83.2 Å². The topological polar surface area (TPSA) is 63.5 Å². The first-order chi connectivity index (χ1) is 15.1. The minimum atomic E-state index is -0.778. The molecule has 7 heteroatoms. The number of phenols is 1. The van der Waals surface area contributed by atoms with Gasteiger partial charge >= 0.3 is 0 Å². The Morgan fingerprint density at radius 1 is 1.03 bits per heavy atom. The maximum atomic E-state index is 14.7. The van der Waals surface area contributed by atoms with Crippen molar-refractivity contribution in [2.75, 3.05) is 14.2 Å². The summed E-state index contributed by atoms with van der Waals surface area (Å²) in [7, 11) is 3.15. The molecule has 0 aromatic heterocycles. The van der Waals surface area contributed by atoms with Gasteiger partial charge in [-0.2, -0.15) is 5.10 Å². The average molecular weight is 420 g/mol. The summed E-state index contributed by atoms with van der Waals surface area (Å²) in [5.41, 5.74) is 2.52. The Balaban J connectivity index is 1.65. The smallest absolute Gasteiger partial charge is 0.216 e. The van der Waals surface area contributed by atoms with Gasteiger partial charge in [0.2, 0.25) is 6.23 Å². The van der Waals surface area contributed by atoms with Crippen molar-refractivity contribution < 1.29 is 23.7 Å². The van der Waals surface area contributed by atoms with Crippen LogP contribution in [0.2, 0.25) is 0 Å². The van der Waals surface area contributed by atoms with Gasteiger partial charge in [0.1, 0.15) is 17.3 Å². The molecule has 3 aromatic rings. The second kappa shape index (κ2) is 7.50. The summed E-state index contributed by atoms with van der Waals surface area (Å²) in [5.74, 6) is 1.50. The molecule has 0 saturated carbocycles. The molecule has 0 spiro atoms. The highest BCUT2D eigenvalue weighted by Gasteiger charge is 2.43. The van der Waals surface area contributed by atoms with E-state index < -0.39 is 6.23 Å². The van der Waals surface area contributed by atoms with Gasteiger partial charge in [0.25, 0.3) is 0 Å². The van der Waals surface area contributed by atoms with Crippen LogP contribution in [0.5, 0.6) is 23.0 Å². The monoisotopic (exact) mass is 420 g/mol. The molecule has 158 valence electrons. The van der Waals surface area contributed by atoms with Crippen LogP contribution in [0.25, 0.3) is 0 Å². The normalized spacial score (nSPS) is 19.2. The Kier molecular flexibility index (Phi) is 4.66. The van der Waals surface area contributed by atoms with Gasteiger partial charge in [-0.25, -0.2) is 9.40 Å². The van der Waals surface area contributed by atoms with Gasteiger partial charge in [0, 0.05) is 17.5 Å². The molecule has 0 radical (unpaired) electrons. The SMILES string of the molecule is COc1ccc(O)c(C2=NN3[C@@H](C2)c2cccc(OC)c2O[C@H]3c2ccccc2F)c1. The zero-order valence-electron chi connectivity index (χ0n) is 17.1. The van der Waals surface area contributed by atoms with E-state index in [0.717, 1.165) is 5.56 Å². The van der Waals surface area contributed by atoms with Crippen molar-refractivity contribution in [3.63, 3.8) is 0 Å². The maximum absolute atomic E-state index is 14.7. The number of hydrogen-bond acceptors (Lipinski definition) is 6. The molecule has 3 aromatic carbocycles. The van der Waals surface area contributed by atoms with E-state index >= 15 is 0 Å². The third kappa shape index (κ3) is 3.13. The number of para-hydroxylation sites is 1. The van der Waals surface area contributed by atoms with Crippen LogP contribution in [0.1, 0.15) is 35.4 Å². The lowest BCUT2D eigenvalue weighted by atomic mass is 9.95. The van der Waals surface area contributed by atoms with E-state index in [9.17, 15) is 9.50 Å². The molecule has 5 rings (SSSR count). The number of methoxy groups -OCH3 is 2. The number of hydrogen-bond donors (Lipinski definition) is 1. The number of ether oxygens (including phenoxy) is 3. The first-order valence-corrected chi connectivity index (χ1v) is 9.92. The fourth-order valence-electron chi connectivity index (χ4n) is 4.16. The van der Waals surface area contributed by atoms with E-state index in [-0.39, 0.29) is 17.6 Å². The number of rotatable bonds is 4. The molecular formula is C24H21FN2O4. The highest BCUT2D eigenvalue weighted by Crippen LogP contribution is 2.51. The zero-order chi connectivity index (χ0) is 21.5.